The van der Waals surface area contributed by atoms with Crippen molar-refractivity contribution in [1.29, 1.82) is 0 Å². The smallest absolute Gasteiger partial charge is 0.314 e. The van der Waals surface area contributed by atoms with Crippen LogP contribution in [0.25, 0.3) is 0 Å². The van der Waals surface area contributed by atoms with Crippen molar-refractivity contribution in [1.82, 2.24) is 10.6 Å². The predicted molar refractivity (Wildman–Crippen MR) is 43.4 cm³/mol. The second kappa shape index (κ2) is 7.34. The summed E-state index contributed by atoms with van der Waals surface area (Å²) in [7, 11) is 0. The number of amides is 2. The fourth-order valence-electron chi connectivity index (χ4n) is 0.582. The zero-order chi connectivity index (χ0) is 8.53. The maximum absolute atomic E-state index is 10.8. The first-order valence-electron chi connectivity index (χ1n) is 3.93. The van der Waals surface area contributed by atoms with Gasteiger partial charge in [0, 0.05) is 19.7 Å². The number of hydrogen-bond acceptors (Lipinski definition) is 2. The van der Waals surface area contributed by atoms with E-state index in [1.807, 2.05) is 6.92 Å². The normalized spacial score (nSPS) is 9.27. The van der Waals surface area contributed by atoms with Crippen LogP contribution in [0.4, 0.5) is 4.79 Å². The van der Waals surface area contributed by atoms with Gasteiger partial charge in [-0.05, 0) is 12.8 Å². The maximum Gasteiger partial charge on any atom is 0.314 e. The zero-order valence-corrected chi connectivity index (χ0v) is 6.89. The van der Waals surface area contributed by atoms with Crippen LogP contribution in [-0.4, -0.2) is 30.8 Å². The molecular formula is C7H16N2O2. The van der Waals surface area contributed by atoms with Gasteiger partial charge in [0.05, 0.1) is 0 Å². The molecule has 0 heterocycles. The first-order chi connectivity index (χ1) is 5.31. The molecule has 2 amide bonds. The lowest BCUT2D eigenvalue weighted by Gasteiger charge is -2.04. The number of carbonyl (C=O) groups is 1. The van der Waals surface area contributed by atoms with Gasteiger partial charge in [-0.25, -0.2) is 4.79 Å². The highest BCUT2D eigenvalue weighted by Gasteiger charge is 1.95. The second-order valence-corrected chi connectivity index (χ2v) is 2.26. The summed E-state index contributed by atoms with van der Waals surface area (Å²) in [6, 6.07) is -0.152. The number of carbonyl (C=O) groups excluding carboxylic acids is 1. The van der Waals surface area contributed by atoms with Gasteiger partial charge in [0.2, 0.25) is 0 Å². The van der Waals surface area contributed by atoms with Crippen molar-refractivity contribution in [2.24, 2.45) is 0 Å². The number of aliphatic hydroxyl groups excluding tert-OH is 1. The molecule has 0 aliphatic rings. The molecule has 4 heteroatoms. The Labute approximate surface area is 67.0 Å². The van der Waals surface area contributed by atoms with Crippen LogP contribution in [0.3, 0.4) is 0 Å². The third-order valence-electron chi connectivity index (χ3n) is 1.16. The van der Waals surface area contributed by atoms with E-state index >= 15 is 0 Å². The minimum Gasteiger partial charge on any atom is -0.396 e. The molecule has 0 aromatic rings. The molecule has 4 nitrogen and oxygen atoms in total. The van der Waals surface area contributed by atoms with Crippen LogP contribution in [0.15, 0.2) is 0 Å². The number of hydrogen-bond donors (Lipinski definition) is 3. The van der Waals surface area contributed by atoms with Crippen LogP contribution < -0.4 is 10.6 Å². The Morgan fingerprint density at radius 2 is 2.00 bits per heavy atom. The van der Waals surface area contributed by atoms with Crippen molar-refractivity contribution in [3.8, 4) is 0 Å². The summed E-state index contributed by atoms with van der Waals surface area (Å²) < 4.78 is 0. The van der Waals surface area contributed by atoms with E-state index in [4.69, 9.17) is 5.11 Å². The van der Waals surface area contributed by atoms with Gasteiger partial charge in [0.15, 0.2) is 0 Å². The summed E-state index contributed by atoms with van der Waals surface area (Å²) in [5.41, 5.74) is 0. The summed E-state index contributed by atoms with van der Waals surface area (Å²) in [5.74, 6) is 0. The van der Waals surface area contributed by atoms with E-state index in [1.165, 1.54) is 0 Å². The van der Waals surface area contributed by atoms with Crippen molar-refractivity contribution < 1.29 is 9.90 Å². The van der Waals surface area contributed by atoms with Crippen LogP contribution in [0.2, 0.25) is 0 Å². The SMILES string of the molecule is CCCNC(=O)NCCCO. The topological polar surface area (TPSA) is 61.4 Å². The third kappa shape index (κ3) is 7.12. The zero-order valence-electron chi connectivity index (χ0n) is 6.89. The number of urea groups is 1. The molecular weight excluding hydrogens is 144 g/mol. The van der Waals surface area contributed by atoms with Crippen molar-refractivity contribution in [2.45, 2.75) is 19.8 Å². The molecule has 11 heavy (non-hydrogen) atoms. The van der Waals surface area contributed by atoms with Crippen LogP contribution in [-0.2, 0) is 0 Å². The van der Waals surface area contributed by atoms with E-state index in [2.05, 4.69) is 10.6 Å². The van der Waals surface area contributed by atoms with Gasteiger partial charge in [-0.15, -0.1) is 0 Å². The minimum atomic E-state index is -0.152. The van der Waals surface area contributed by atoms with Gasteiger partial charge in [-0.1, -0.05) is 6.92 Å². The molecule has 0 unspecified atom stereocenters. The molecule has 0 atom stereocenters. The molecule has 0 saturated heterocycles. The largest absolute Gasteiger partial charge is 0.396 e. The quantitative estimate of drug-likeness (QED) is 0.499. The minimum absolute atomic E-state index is 0.119. The van der Waals surface area contributed by atoms with E-state index in [9.17, 15) is 4.79 Å². The molecule has 0 saturated carbocycles. The number of aliphatic hydroxyl groups is 1. The summed E-state index contributed by atoms with van der Waals surface area (Å²) in [4.78, 5) is 10.8. The molecule has 0 radical (unpaired) electrons. The number of nitrogens with one attached hydrogen (secondary N) is 2. The average Bonchev–Trinajstić information content (AvgIpc) is 2.01. The van der Waals surface area contributed by atoms with Crippen molar-refractivity contribution >= 4 is 6.03 Å². The fraction of sp³-hybridized carbons (Fsp3) is 0.857. The van der Waals surface area contributed by atoms with Gasteiger partial charge in [-0.2, -0.15) is 0 Å². The van der Waals surface area contributed by atoms with Crippen molar-refractivity contribution in [3.63, 3.8) is 0 Å². The predicted octanol–water partition coefficient (Wildman–Crippen LogP) is 0.0780. The molecule has 0 aliphatic heterocycles. The molecule has 3 N–H and O–H groups in total. The van der Waals surface area contributed by atoms with E-state index in [1.54, 1.807) is 0 Å². The molecule has 0 fully saturated rings. The van der Waals surface area contributed by atoms with Gasteiger partial charge < -0.3 is 15.7 Å². The average molecular weight is 160 g/mol. The Morgan fingerprint density at radius 1 is 1.36 bits per heavy atom. The van der Waals surface area contributed by atoms with Crippen LogP contribution in [0.1, 0.15) is 19.8 Å². The summed E-state index contributed by atoms with van der Waals surface area (Å²) in [5, 5.41) is 13.7. The van der Waals surface area contributed by atoms with Gasteiger partial charge >= 0.3 is 6.03 Å². The fourth-order valence-corrected chi connectivity index (χ4v) is 0.582. The lowest BCUT2D eigenvalue weighted by Crippen LogP contribution is -2.36. The maximum atomic E-state index is 10.8. The van der Waals surface area contributed by atoms with Crippen molar-refractivity contribution in [3.05, 3.63) is 0 Å². The Bertz CT molecular complexity index is 107. The van der Waals surface area contributed by atoms with E-state index in [-0.39, 0.29) is 12.6 Å². The van der Waals surface area contributed by atoms with Crippen LogP contribution >= 0.6 is 0 Å². The van der Waals surface area contributed by atoms with Gasteiger partial charge in [0.1, 0.15) is 0 Å². The van der Waals surface area contributed by atoms with Gasteiger partial charge in [0.25, 0.3) is 0 Å². The third-order valence-corrected chi connectivity index (χ3v) is 1.16. The van der Waals surface area contributed by atoms with Crippen LogP contribution in [0.5, 0.6) is 0 Å². The van der Waals surface area contributed by atoms with E-state index in [0.29, 0.717) is 19.5 Å². The lowest BCUT2D eigenvalue weighted by molar-refractivity contribution is 0.238. The highest BCUT2D eigenvalue weighted by atomic mass is 16.3. The Hall–Kier alpha value is -0.770. The molecule has 0 bridgehead atoms. The second-order valence-electron chi connectivity index (χ2n) is 2.26. The molecule has 66 valence electrons. The highest BCUT2D eigenvalue weighted by Crippen LogP contribution is 1.74. The highest BCUT2D eigenvalue weighted by molar-refractivity contribution is 5.73. The summed E-state index contributed by atoms with van der Waals surface area (Å²) >= 11 is 0. The van der Waals surface area contributed by atoms with Crippen LogP contribution in [0, 0.1) is 0 Å². The first kappa shape index (κ1) is 10.2. The number of rotatable bonds is 5. The Morgan fingerprint density at radius 3 is 2.55 bits per heavy atom. The van der Waals surface area contributed by atoms with Gasteiger partial charge in [-0.3, -0.25) is 0 Å². The molecule has 0 spiro atoms. The van der Waals surface area contributed by atoms with E-state index < -0.39 is 0 Å². The standard InChI is InChI=1S/C7H16N2O2/c1-2-4-8-7(11)9-5-3-6-10/h10H,2-6H2,1H3,(H2,8,9,11). The molecule has 0 aromatic heterocycles. The van der Waals surface area contributed by atoms with E-state index in [0.717, 1.165) is 6.42 Å². The monoisotopic (exact) mass is 160 g/mol. The Kier molecular flexibility index (Phi) is 6.82. The molecule has 0 rings (SSSR count). The Balaban J connectivity index is 3.09. The van der Waals surface area contributed by atoms with Crippen molar-refractivity contribution in [2.75, 3.05) is 19.7 Å². The lowest BCUT2D eigenvalue weighted by atomic mass is 10.4. The first-order valence-corrected chi connectivity index (χ1v) is 3.93. The molecule has 0 aromatic carbocycles. The summed E-state index contributed by atoms with van der Waals surface area (Å²) in [6.45, 7) is 3.35. The summed E-state index contributed by atoms with van der Waals surface area (Å²) in [6.07, 6.45) is 1.55. The molecule has 0 aliphatic carbocycles.